The fourth-order valence-electron chi connectivity index (χ4n) is 2.13. The van der Waals surface area contributed by atoms with Gasteiger partial charge in [-0.25, -0.2) is 4.98 Å². The number of rotatable bonds is 5. The summed E-state index contributed by atoms with van der Waals surface area (Å²) >= 11 is 0. The van der Waals surface area contributed by atoms with Gasteiger partial charge in [0.05, 0.1) is 6.33 Å². The minimum absolute atomic E-state index is 0.191. The quantitative estimate of drug-likeness (QED) is 0.787. The number of anilines is 1. The second-order valence-electron chi connectivity index (χ2n) is 5.08. The van der Waals surface area contributed by atoms with E-state index in [-0.39, 0.29) is 5.91 Å². The number of amides is 1. The van der Waals surface area contributed by atoms with Gasteiger partial charge in [0, 0.05) is 23.8 Å². The maximum Gasteiger partial charge on any atom is 0.265 e. The molecule has 0 bridgehead atoms. The molecule has 0 aliphatic rings. The van der Waals surface area contributed by atoms with Crippen molar-refractivity contribution in [3.05, 3.63) is 73.3 Å². The van der Waals surface area contributed by atoms with E-state index in [4.69, 9.17) is 4.74 Å². The maximum absolute atomic E-state index is 12.2. The number of para-hydroxylation sites is 1. The van der Waals surface area contributed by atoms with Gasteiger partial charge in [0.2, 0.25) is 0 Å². The Morgan fingerprint density at radius 2 is 1.87 bits per heavy atom. The van der Waals surface area contributed by atoms with Gasteiger partial charge in [0.15, 0.2) is 6.10 Å². The van der Waals surface area contributed by atoms with Crippen molar-refractivity contribution in [2.24, 2.45) is 0 Å². The summed E-state index contributed by atoms with van der Waals surface area (Å²) < 4.78 is 7.50. The Morgan fingerprint density at radius 1 is 1.13 bits per heavy atom. The van der Waals surface area contributed by atoms with Crippen LogP contribution in [0.1, 0.15) is 6.92 Å². The molecule has 2 aromatic carbocycles. The average molecular weight is 307 g/mol. The van der Waals surface area contributed by atoms with Crippen LogP contribution in [0.2, 0.25) is 0 Å². The van der Waals surface area contributed by atoms with Crippen molar-refractivity contribution in [1.82, 2.24) is 9.55 Å². The largest absolute Gasteiger partial charge is 0.481 e. The lowest BCUT2D eigenvalue weighted by Gasteiger charge is -2.15. The fourth-order valence-corrected chi connectivity index (χ4v) is 2.13. The molecule has 0 aliphatic carbocycles. The molecule has 5 heteroatoms. The summed E-state index contributed by atoms with van der Waals surface area (Å²) in [6.45, 7) is 1.72. The fraction of sp³-hybridized carbons (Fsp3) is 0.111. The monoisotopic (exact) mass is 307 g/mol. The van der Waals surface area contributed by atoms with Crippen molar-refractivity contribution in [3.8, 4) is 11.4 Å². The number of nitrogens with zero attached hydrogens (tertiary/aromatic N) is 2. The standard InChI is InChI=1S/C18H17N3O2/c1-14(23-17-5-3-2-4-6-17)18(22)20-15-7-9-16(10-8-15)21-12-11-19-13-21/h2-14H,1H3,(H,20,22). The number of imidazole rings is 1. The summed E-state index contributed by atoms with van der Waals surface area (Å²) in [5, 5.41) is 2.85. The molecule has 1 aromatic heterocycles. The second-order valence-corrected chi connectivity index (χ2v) is 5.08. The van der Waals surface area contributed by atoms with Gasteiger partial charge in [-0.3, -0.25) is 4.79 Å². The summed E-state index contributed by atoms with van der Waals surface area (Å²) in [4.78, 5) is 16.2. The minimum atomic E-state index is -0.578. The van der Waals surface area contributed by atoms with Gasteiger partial charge in [-0.05, 0) is 43.3 Å². The molecule has 1 unspecified atom stereocenters. The Morgan fingerprint density at radius 3 is 2.52 bits per heavy atom. The Hall–Kier alpha value is -3.08. The van der Waals surface area contributed by atoms with Crippen LogP contribution in [0.25, 0.3) is 5.69 Å². The summed E-state index contributed by atoms with van der Waals surface area (Å²) in [6, 6.07) is 16.8. The first kappa shape index (κ1) is 14.8. The van der Waals surface area contributed by atoms with E-state index in [0.29, 0.717) is 5.75 Å². The highest BCUT2D eigenvalue weighted by Crippen LogP contribution is 2.15. The van der Waals surface area contributed by atoms with E-state index in [1.54, 1.807) is 19.4 Å². The lowest BCUT2D eigenvalue weighted by atomic mass is 10.2. The van der Waals surface area contributed by atoms with Crippen LogP contribution in [0, 0.1) is 0 Å². The number of carbonyl (C=O) groups is 1. The van der Waals surface area contributed by atoms with E-state index in [9.17, 15) is 4.79 Å². The molecule has 3 rings (SSSR count). The number of ether oxygens (including phenoxy) is 1. The van der Waals surface area contributed by atoms with Gasteiger partial charge in [-0.15, -0.1) is 0 Å². The Balaban J connectivity index is 1.61. The van der Waals surface area contributed by atoms with Crippen molar-refractivity contribution in [1.29, 1.82) is 0 Å². The zero-order valence-electron chi connectivity index (χ0n) is 12.7. The third-order valence-electron chi connectivity index (χ3n) is 3.36. The molecule has 0 aliphatic heterocycles. The third kappa shape index (κ3) is 3.77. The highest BCUT2D eigenvalue weighted by atomic mass is 16.5. The molecule has 0 radical (unpaired) electrons. The molecule has 23 heavy (non-hydrogen) atoms. The van der Waals surface area contributed by atoms with E-state index in [1.165, 1.54) is 0 Å². The Labute approximate surface area is 134 Å². The van der Waals surface area contributed by atoms with Crippen LogP contribution in [0.5, 0.6) is 5.75 Å². The minimum Gasteiger partial charge on any atom is -0.481 e. The van der Waals surface area contributed by atoms with Crippen molar-refractivity contribution in [2.75, 3.05) is 5.32 Å². The molecule has 0 saturated carbocycles. The van der Waals surface area contributed by atoms with Crippen LogP contribution < -0.4 is 10.1 Å². The Bertz CT molecular complexity index is 753. The van der Waals surface area contributed by atoms with Crippen LogP contribution in [0.15, 0.2) is 73.3 Å². The number of aromatic nitrogens is 2. The van der Waals surface area contributed by atoms with Crippen LogP contribution in [0.3, 0.4) is 0 Å². The molecule has 1 N–H and O–H groups in total. The van der Waals surface area contributed by atoms with Gasteiger partial charge < -0.3 is 14.6 Å². The molecule has 0 fully saturated rings. The average Bonchev–Trinajstić information content (AvgIpc) is 3.11. The van der Waals surface area contributed by atoms with Gasteiger partial charge in [-0.1, -0.05) is 18.2 Å². The molecule has 1 heterocycles. The smallest absolute Gasteiger partial charge is 0.265 e. The number of benzene rings is 2. The van der Waals surface area contributed by atoms with Crippen molar-refractivity contribution in [2.45, 2.75) is 13.0 Å². The molecule has 1 amide bonds. The zero-order chi connectivity index (χ0) is 16.1. The highest BCUT2D eigenvalue weighted by molar-refractivity contribution is 5.94. The lowest BCUT2D eigenvalue weighted by Crippen LogP contribution is -2.30. The SMILES string of the molecule is CC(Oc1ccccc1)C(=O)Nc1ccc(-n2ccnc2)cc1. The van der Waals surface area contributed by atoms with Gasteiger partial charge in [-0.2, -0.15) is 0 Å². The number of hydrogen-bond donors (Lipinski definition) is 1. The van der Waals surface area contributed by atoms with Gasteiger partial charge in [0.25, 0.3) is 5.91 Å². The van der Waals surface area contributed by atoms with Crippen LogP contribution >= 0.6 is 0 Å². The van der Waals surface area contributed by atoms with E-state index < -0.39 is 6.10 Å². The van der Waals surface area contributed by atoms with Crippen molar-refractivity contribution >= 4 is 11.6 Å². The van der Waals surface area contributed by atoms with E-state index >= 15 is 0 Å². The molecule has 116 valence electrons. The summed E-state index contributed by atoms with van der Waals surface area (Å²) in [6.07, 6.45) is 4.73. The van der Waals surface area contributed by atoms with E-state index in [2.05, 4.69) is 10.3 Å². The van der Waals surface area contributed by atoms with Crippen LogP contribution in [-0.2, 0) is 4.79 Å². The predicted octanol–water partition coefficient (Wildman–Crippen LogP) is 3.28. The summed E-state index contributed by atoms with van der Waals surface area (Å²) in [5.41, 5.74) is 1.71. The molecule has 0 saturated heterocycles. The van der Waals surface area contributed by atoms with E-state index in [0.717, 1.165) is 11.4 Å². The number of hydrogen-bond acceptors (Lipinski definition) is 3. The van der Waals surface area contributed by atoms with Crippen molar-refractivity contribution in [3.63, 3.8) is 0 Å². The third-order valence-corrected chi connectivity index (χ3v) is 3.36. The number of nitrogens with one attached hydrogen (secondary N) is 1. The topological polar surface area (TPSA) is 56.1 Å². The van der Waals surface area contributed by atoms with E-state index in [1.807, 2.05) is 65.4 Å². The summed E-state index contributed by atoms with van der Waals surface area (Å²) in [7, 11) is 0. The number of carbonyl (C=O) groups excluding carboxylic acids is 1. The molecular formula is C18H17N3O2. The van der Waals surface area contributed by atoms with Gasteiger partial charge in [0.1, 0.15) is 5.75 Å². The lowest BCUT2D eigenvalue weighted by molar-refractivity contribution is -0.122. The predicted molar refractivity (Wildman–Crippen MR) is 88.7 cm³/mol. The normalized spacial score (nSPS) is 11.7. The second kappa shape index (κ2) is 6.79. The molecule has 5 nitrogen and oxygen atoms in total. The highest BCUT2D eigenvalue weighted by Gasteiger charge is 2.14. The Kier molecular flexibility index (Phi) is 4.38. The van der Waals surface area contributed by atoms with Gasteiger partial charge >= 0.3 is 0 Å². The first-order chi connectivity index (χ1) is 11.2. The molecular weight excluding hydrogens is 290 g/mol. The summed E-state index contributed by atoms with van der Waals surface area (Å²) in [5.74, 6) is 0.481. The first-order valence-electron chi connectivity index (χ1n) is 7.33. The molecule has 0 spiro atoms. The van der Waals surface area contributed by atoms with Crippen LogP contribution in [-0.4, -0.2) is 21.6 Å². The molecule has 1 atom stereocenters. The van der Waals surface area contributed by atoms with Crippen molar-refractivity contribution < 1.29 is 9.53 Å². The first-order valence-corrected chi connectivity index (χ1v) is 7.33. The molecule has 3 aromatic rings. The van der Waals surface area contributed by atoms with Crippen LogP contribution in [0.4, 0.5) is 5.69 Å². The zero-order valence-corrected chi connectivity index (χ0v) is 12.7. The maximum atomic E-state index is 12.2.